The second-order valence-corrected chi connectivity index (χ2v) is 6.51. The van der Waals surface area contributed by atoms with Crippen LogP contribution in [0.2, 0.25) is 0 Å². The largest absolute Gasteiger partial charge is 0.271 e. The number of hydrogen-bond acceptors (Lipinski definition) is 3. The molecule has 1 aliphatic rings. The molecule has 1 aromatic carbocycles. The third-order valence-electron chi connectivity index (χ3n) is 4.17. The Labute approximate surface area is 118 Å². The number of fused-ring (bicyclic) bond motifs is 1. The molecule has 0 radical (unpaired) electrons. The van der Waals surface area contributed by atoms with E-state index < -0.39 is 0 Å². The second-order valence-electron chi connectivity index (χ2n) is 5.34. The van der Waals surface area contributed by atoms with E-state index in [1.807, 2.05) is 11.3 Å². The average Bonchev–Trinajstić information content (AvgIpc) is 2.96. The molecule has 2 aromatic rings. The average molecular weight is 272 g/mol. The molecule has 0 fully saturated rings. The first kappa shape index (κ1) is 12.9. The van der Waals surface area contributed by atoms with Crippen LogP contribution < -0.4 is 11.3 Å². The lowest BCUT2D eigenvalue weighted by Crippen LogP contribution is -2.28. The highest BCUT2D eigenvalue weighted by molar-refractivity contribution is 7.12. The highest BCUT2D eigenvalue weighted by Crippen LogP contribution is 2.36. The van der Waals surface area contributed by atoms with Gasteiger partial charge in [0, 0.05) is 9.75 Å². The zero-order valence-electron chi connectivity index (χ0n) is 11.5. The monoisotopic (exact) mass is 272 g/mol. The minimum atomic E-state index is 0.121. The predicted octanol–water partition coefficient (Wildman–Crippen LogP) is 3.41. The van der Waals surface area contributed by atoms with Crippen LogP contribution in [0.1, 0.15) is 44.5 Å². The minimum absolute atomic E-state index is 0.121. The Kier molecular flexibility index (Phi) is 3.44. The maximum atomic E-state index is 5.83. The van der Waals surface area contributed by atoms with E-state index in [-0.39, 0.29) is 6.04 Å². The van der Waals surface area contributed by atoms with Crippen LogP contribution in [0, 0.1) is 13.8 Å². The minimum Gasteiger partial charge on any atom is -0.271 e. The normalized spacial score (nSPS) is 15.5. The molecule has 0 aliphatic heterocycles. The topological polar surface area (TPSA) is 38.0 Å². The van der Waals surface area contributed by atoms with Crippen molar-refractivity contribution in [1.29, 1.82) is 0 Å². The first-order valence-corrected chi connectivity index (χ1v) is 7.66. The Morgan fingerprint density at radius 3 is 2.84 bits per heavy atom. The molecule has 1 heterocycles. The van der Waals surface area contributed by atoms with Gasteiger partial charge >= 0.3 is 0 Å². The van der Waals surface area contributed by atoms with Gasteiger partial charge in [0.25, 0.3) is 0 Å². The molecule has 0 amide bonds. The van der Waals surface area contributed by atoms with Crippen molar-refractivity contribution >= 4 is 11.3 Å². The fourth-order valence-electron chi connectivity index (χ4n) is 2.91. The fraction of sp³-hybridized carbons (Fsp3) is 0.375. The van der Waals surface area contributed by atoms with Crippen LogP contribution in [0.15, 0.2) is 24.3 Å². The summed E-state index contributed by atoms with van der Waals surface area (Å²) in [6, 6.07) is 8.91. The van der Waals surface area contributed by atoms with Gasteiger partial charge in [-0.1, -0.05) is 18.2 Å². The molecule has 3 rings (SSSR count). The lowest BCUT2D eigenvalue weighted by atomic mass is 9.96. The van der Waals surface area contributed by atoms with E-state index in [4.69, 9.17) is 5.84 Å². The molecule has 1 aliphatic carbocycles. The van der Waals surface area contributed by atoms with Crippen LogP contribution in [-0.4, -0.2) is 0 Å². The van der Waals surface area contributed by atoms with E-state index in [0.29, 0.717) is 0 Å². The third kappa shape index (κ3) is 2.22. The van der Waals surface area contributed by atoms with Gasteiger partial charge in [-0.15, -0.1) is 11.3 Å². The quantitative estimate of drug-likeness (QED) is 0.664. The number of nitrogens with one attached hydrogen (secondary N) is 1. The molecular formula is C16H20N2S. The first-order valence-electron chi connectivity index (χ1n) is 6.84. The van der Waals surface area contributed by atoms with Gasteiger partial charge in [0.15, 0.2) is 0 Å². The summed E-state index contributed by atoms with van der Waals surface area (Å²) in [5.74, 6) is 5.83. The Morgan fingerprint density at radius 1 is 1.26 bits per heavy atom. The summed E-state index contributed by atoms with van der Waals surface area (Å²) >= 11 is 1.92. The SMILES string of the molecule is Cc1cccc(C(NN)c2cc3c(s2)CCC3)c1C. The van der Waals surface area contributed by atoms with Crippen molar-refractivity contribution in [2.24, 2.45) is 5.84 Å². The van der Waals surface area contributed by atoms with Gasteiger partial charge in [-0.3, -0.25) is 5.84 Å². The smallest absolute Gasteiger partial charge is 0.0805 e. The number of nitrogens with two attached hydrogens (primary N) is 1. The molecule has 1 aromatic heterocycles. The Balaban J connectivity index is 2.02. The molecular weight excluding hydrogens is 252 g/mol. The summed E-state index contributed by atoms with van der Waals surface area (Å²) in [6.07, 6.45) is 3.78. The van der Waals surface area contributed by atoms with Gasteiger partial charge in [-0.25, -0.2) is 5.43 Å². The molecule has 1 atom stereocenters. The highest BCUT2D eigenvalue weighted by Gasteiger charge is 2.21. The van der Waals surface area contributed by atoms with E-state index in [9.17, 15) is 0 Å². The standard InChI is InChI=1S/C16H20N2S/c1-10-5-3-7-13(11(10)2)16(18-17)15-9-12-6-4-8-14(12)19-15/h3,5,7,9,16,18H,4,6,8,17H2,1-2H3. The van der Waals surface area contributed by atoms with Gasteiger partial charge in [0.1, 0.15) is 0 Å². The molecule has 0 saturated heterocycles. The summed E-state index contributed by atoms with van der Waals surface area (Å²) < 4.78 is 0. The van der Waals surface area contributed by atoms with Crippen LogP contribution in [-0.2, 0) is 12.8 Å². The lowest BCUT2D eigenvalue weighted by Gasteiger charge is -2.18. The maximum Gasteiger partial charge on any atom is 0.0805 e. The van der Waals surface area contributed by atoms with Crippen LogP contribution in [0.25, 0.3) is 0 Å². The van der Waals surface area contributed by atoms with Gasteiger partial charge in [-0.05, 0) is 61.4 Å². The van der Waals surface area contributed by atoms with Crippen molar-refractivity contribution in [2.75, 3.05) is 0 Å². The van der Waals surface area contributed by atoms with Gasteiger partial charge in [0.05, 0.1) is 6.04 Å². The summed E-state index contributed by atoms with van der Waals surface area (Å²) in [5, 5.41) is 0. The number of rotatable bonds is 3. The van der Waals surface area contributed by atoms with Crippen LogP contribution in [0.4, 0.5) is 0 Å². The van der Waals surface area contributed by atoms with E-state index in [1.54, 1.807) is 4.88 Å². The summed E-state index contributed by atoms with van der Waals surface area (Å²) in [6.45, 7) is 4.33. The zero-order chi connectivity index (χ0) is 13.4. The lowest BCUT2D eigenvalue weighted by molar-refractivity contribution is 0.642. The van der Waals surface area contributed by atoms with E-state index >= 15 is 0 Å². The molecule has 0 bridgehead atoms. The van der Waals surface area contributed by atoms with Crippen LogP contribution in [0.3, 0.4) is 0 Å². The number of aryl methyl sites for hydroxylation is 3. The summed E-state index contributed by atoms with van der Waals surface area (Å²) in [5.41, 5.74) is 8.48. The van der Waals surface area contributed by atoms with Gasteiger partial charge < -0.3 is 0 Å². The molecule has 3 heteroatoms. The number of hydrogen-bond donors (Lipinski definition) is 2. The predicted molar refractivity (Wildman–Crippen MR) is 81.4 cm³/mol. The van der Waals surface area contributed by atoms with Crippen molar-refractivity contribution in [3.05, 3.63) is 56.3 Å². The van der Waals surface area contributed by atoms with Crippen molar-refractivity contribution in [3.8, 4) is 0 Å². The number of thiophene rings is 1. The van der Waals surface area contributed by atoms with Gasteiger partial charge in [0.2, 0.25) is 0 Å². The van der Waals surface area contributed by atoms with E-state index in [1.165, 1.54) is 46.4 Å². The molecule has 100 valence electrons. The van der Waals surface area contributed by atoms with Crippen molar-refractivity contribution in [2.45, 2.75) is 39.2 Å². The summed E-state index contributed by atoms with van der Waals surface area (Å²) in [7, 11) is 0. The fourth-order valence-corrected chi connectivity index (χ4v) is 4.24. The molecule has 0 spiro atoms. The number of hydrazine groups is 1. The van der Waals surface area contributed by atoms with Gasteiger partial charge in [-0.2, -0.15) is 0 Å². The van der Waals surface area contributed by atoms with Crippen molar-refractivity contribution < 1.29 is 0 Å². The van der Waals surface area contributed by atoms with E-state index in [0.717, 1.165) is 0 Å². The maximum absolute atomic E-state index is 5.83. The van der Waals surface area contributed by atoms with E-state index in [2.05, 4.69) is 43.5 Å². The first-order chi connectivity index (χ1) is 9.20. The molecule has 19 heavy (non-hydrogen) atoms. The number of benzene rings is 1. The molecule has 2 nitrogen and oxygen atoms in total. The van der Waals surface area contributed by atoms with Crippen LogP contribution in [0.5, 0.6) is 0 Å². The molecule has 0 saturated carbocycles. The molecule has 3 N–H and O–H groups in total. The Morgan fingerprint density at radius 2 is 2.11 bits per heavy atom. The van der Waals surface area contributed by atoms with Crippen LogP contribution >= 0.6 is 11.3 Å². The summed E-state index contributed by atoms with van der Waals surface area (Å²) in [4.78, 5) is 2.90. The Bertz CT molecular complexity index is 579. The van der Waals surface area contributed by atoms with Crippen molar-refractivity contribution in [1.82, 2.24) is 5.43 Å². The highest BCUT2D eigenvalue weighted by atomic mass is 32.1. The van der Waals surface area contributed by atoms with Crippen molar-refractivity contribution in [3.63, 3.8) is 0 Å². The zero-order valence-corrected chi connectivity index (χ0v) is 12.3. The second kappa shape index (κ2) is 5.08. The Hall–Kier alpha value is -1.16. The third-order valence-corrected chi connectivity index (χ3v) is 5.48. The molecule has 1 unspecified atom stereocenters.